The van der Waals surface area contributed by atoms with Gasteiger partial charge in [0.05, 0.1) is 11.2 Å². The maximum atomic E-state index is 12.2. The number of sulfonamides is 1. The number of carboxylic acid groups (broad SMARTS) is 1. The molecule has 2 amide bonds. The molecule has 1 unspecified atom stereocenters. The maximum Gasteiger partial charge on any atom is 0.321 e. The Balaban J connectivity index is 1.95. The summed E-state index contributed by atoms with van der Waals surface area (Å²) in [6.45, 7) is 3.94. The smallest absolute Gasteiger partial charge is 0.321 e. The summed E-state index contributed by atoms with van der Waals surface area (Å²) in [5.74, 6) is -0.866. The van der Waals surface area contributed by atoms with Gasteiger partial charge in [-0.25, -0.2) is 13.2 Å². The SMILES string of the molecule is CCCS(=O)(=O)Nc1ccc(NC(=O)N2CCC(C)(C(=O)O)C2)cc1. The highest BCUT2D eigenvalue weighted by Crippen LogP contribution is 2.30. The number of hydrogen-bond acceptors (Lipinski definition) is 4. The summed E-state index contributed by atoms with van der Waals surface area (Å²) in [5, 5.41) is 11.9. The number of likely N-dealkylation sites (tertiary alicyclic amines) is 1. The second-order valence-electron chi connectivity index (χ2n) is 6.47. The number of urea groups is 1. The first kappa shape index (κ1) is 19.0. The molecule has 0 spiro atoms. The Hall–Kier alpha value is -2.29. The Morgan fingerprint density at radius 3 is 2.36 bits per heavy atom. The van der Waals surface area contributed by atoms with Gasteiger partial charge >= 0.3 is 12.0 Å². The van der Waals surface area contributed by atoms with Crippen molar-refractivity contribution in [2.24, 2.45) is 5.41 Å². The molecule has 0 radical (unpaired) electrons. The lowest BCUT2D eigenvalue weighted by atomic mass is 9.90. The summed E-state index contributed by atoms with van der Waals surface area (Å²) in [7, 11) is -3.36. The van der Waals surface area contributed by atoms with Crippen LogP contribution in [0.2, 0.25) is 0 Å². The molecular weight excluding hydrogens is 346 g/mol. The van der Waals surface area contributed by atoms with E-state index in [1.54, 1.807) is 38.1 Å². The minimum Gasteiger partial charge on any atom is -0.481 e. The van der Waals surface area contributed by atoms with Crippen molar-refractivity contribution in [3.05, 3.63) is 24.3 Å². The fourth-order valence-corrected chi connectivity index (χ4v) is 3.77. The molecule has 1 atom stereocenters. The Kier molecular flexibility index (Phi) is 5.56. The van der Waals surface area contributed by atoms with Crippen LogP contribution >= 0.6 is 0 Å². The first-order valence-electron chi connectivity index (χ1n) is 8.05. The molecule has 8 nitrogen and oxygen atoms in total. The molecule has 9 heteroatoms. The molecule has 1 aromatic carbocycles. The molecule has 2 rings (SSSR count). The van der Waals surface area contributed by atoms with E-state index in [4.69, 9.17) is 0 Å². The minimum atomic E-state index is -3.36. The molecule has 1 aliphatic heterocycles. The number of amides is 2. The van der Waals surface area contributed by atoms with Gasteiger partial charge in [-0.15, -0.1) is 0 Å². The van der Waals surface area contributed by atoms with Gasteiger partial charge < -0.3 is 15.3 Å². The van der Waals surface area contributed by atoms with Gasteiger partial charge in [0.15, 0.2) is 0 Å². The van der Waals surface area contributed by atoms with Gasteiger partial charge in [-0.2, -0.15) is 0 Å². The van der Waals surface area contributed by atoms with E-state index in [2.05, 4.69) is 10.0 Å². The summed E-state index contributed by atoms with van der Waals surface area (Å²) in [4.78, 5) is 24.9. The number of carbonyl (C=O) groups is 2. The van der Waals surface area contributed by atoms with E-state index in [-0.39, 0.29) is 18.3 Å². The third-order valence-corrected chi connectivity index (χ3v) is 5.65. The van der Waals surface area contributed by atoms with Crippen molar-refractivity contribution >= 4 is 33.4 Å². The van der Waals surface area contributed by atoms with E-state index in [1.807, 2.05) is 0 Å². The molecule has 138 valence electrons. The molecule has 0 aliphatic carbocycles. The fourth-order valence-electron chi connectivity index (χ4n) is 2.63. The van der Waals surface area contributed by atoms with Crippen LogP contribution in [0.3, 0.4) is 0 Å². The molecule has 25 heavy (non-hydrogen) atoms. The van der Waals surface area contributed by atoms with Crippen LogP contribution in [0.1, 0.15) is 26.7 Å². The van der Waals surface area contributed by atoms with Gasteiger partial charge in [0.25, 0.3) is 0 Å². The zero-order chi connectivity index (χ0) is 18.7. The van der Waals surface area contributed by atoms with Crippen LogP contribution in [0.15, 0.2) is 24.3 Å². The Bertz CT molecular complexity index is 748. The number of rotatable bonds is 6. The van der Waals surface area contributed by atoms with Gasteiger partial charge in [0.1, 0.15) is 0 Å². The zero-order valence-electron chi connectivity index (χ0n) is 14.3. The second-order valence-corrected chi connectivity index (χ2v) is 8.31. The first-order chi connectivity index (χ1) is 11.6. The molecule has 1 saturated heterocycles. The number of nitrogens with one attached hydrogen (secondary N) is 2. The van der Waals surface area contributed by atoms with Crippen molar-refractivity contribution in [3.8, 4) is 0 Å². The number of benzene rings is 1. The van der Waals surface area contributed by atoms with Crippen LogP contribution in [-0.4, -0.2) is 49.3 Å². The largest absolute Gasteiger partial charge is 0.481 e. The van der Waals surface area contributed by atoms with E-state index < -0.39 is 21.4 Å². The number of hydrogen-bond donors (Lipinski definition) is 3. The molecule has 1 fully saturated rings. The number of nitrogens with zero attached hydrogens (tertiary/aromatic N) is 1. The van der Waals surface area contributed by atoms with Crippen LogP contribution in [0.25, 0.3) is 0 Å². The van der Waals surface area contributed by atoms with Gasteiger partial charge in [0.2, 0.25) is 10.0 Å². The van der Waals surface area contributed by atoms with Gasteiger partial charge in [-0.1, -0.05) is 6.92 Å². The van der Waals surface area contributed by atoms with Crippen molar-refractivity contribution in [2.45, 2.75) is 26.7 Å². The highest BCUT2D eigenvalue weighted by atomic mass is 32.2. The quantitative estimate of drug-likeness (QED) is 0.711. The van der Waals surface area contributed by atoms with Crippen molar-refractivity contribution < 1.29 is 23.1 Å². The van der Waals surface area contributed by atoms with Crippen molar-refractivity contribution in [1.29, 1.82) is 0 Å². The summed E-state index contributed by atoms with van der Waals surface area (Å²) in [6, 6.07) is 5.94. The normalized spacial score (nSPS) is 20.3. The third-order valence-electron chi connectivity index (χ3n) is 4.16. The molecule has 1 heterocycles. The standard InChI is InChI=1S/C16H23N3O5S/c1-3-10-25(23,24)18-13-6-4-12(5-7-13)17-15(22)19-9-8-16(2,11-19)14(20)21/h4-7,18H,3,8-11H2,1-2H3,(H,17,22)(H,20,21). The zero-order valence-corrected chi connectivity index (χ0v) is 15.1. The summed E-state index contributed by atoms with van der Waals surface area (Å²) >= 11 is 0. The minimum absolute atomic E-state index is 0.0444. The van der Waals surface area contributed by atoms with E-state index in [0.29, 0.717) is 30.8 Å². The number of carbonyl (C=O) groups excluding carboxylic acids is 1. The lowest BCUT2D eigenvalue weighted by Crippen LogP contribution is -2.37. The van der Waals surface area contributed by atoms with E-state index in [9.17, 15) is 23.1 Å². The van der Waals surface area contributed by atoms with Gasteiger partial charge in [-0.3, -0.25) is 9.52 Å². The summed E-state index contributed by atoms with van der Waals surface area (Å²) in [6.07, 6.45) is 0.933. The fraction of sp³-hybridized carbons (Fsp3) is 0.500. The Morgan fingerprint density at radius 1 is 1.24 bits per heavy atom. The highest BCUT2D eigenvalue weighted by Gasteiger charge is 2.42. The monoisotopic (exact) mass is 369 g/mol. The lowest BCUT2D eigenvalue weighted by Gasteiger charge is -2.20. The third kappa shape index (κ3) is 4.85. The lowest BCUT2D eigenvalue weighted by molar-refractivity contribution is -0.146. The molecular formula is C16H23N3O5S. The Labute approximate surface area is 147 Å². The molecule has 1 aliphatic rings. The summed E-state index contributed by atoms with van der Waals surface area (Å²) < 4.78 is 25.9. The number of aliphatic carboxylic acids is 1. The van der Waals surface area contributed by atoms with Crippen LogP contribution in [-0.2, 0) is 14.8 Å². The molecule has 0 saturated carbocycles. The number of anilines is 2. The Morgan fingerprint density at radius 2 is 1.84 bits per heavy atom. The van der Waals surface area contributed by atoms with Crippen LogP contribution in [0.4, 0.5) is 16.2 Å². The second kappa shape index (κ2) is 7.30. The number of carboxylic acids is 1. The van der Waals surface area contributed by atoms with Crippen LogP contribution in [0.5, 0.6) is 0 Å². The van der Waals surface area contributed by atoms with E-state index in [1.165, 1.54) is 4.90 Å². The topological polar surface area (TPSA) is 116 Å². The van der Waals surface area contributed by atoms with Crippen molar-refractivity contribution in [1.82, 2.24) is 4.90 Å². The van der Waals surface area contributed by atoms with Crippen LogP contribution < -0.4 is 10.0 Å². The van der Waals surface area contributed by atoms with Crippen LogP contribution in [0, 0.1) is 5.41 Å². The average Bonchev–Trinajstić information content (AvgIpc) is 2.93. The molecule has 3 N–H and O–H groups in total. The maximum absolute atomic E-state index is 12.2. The molecule has 0 bridgehead atoms. The summed E-state index contributed by atoms with van der Waals surface area (Å²) in [5.41, 5.74) is 0.0112. The van der Waals surface area contributed by atoms with Gasteiger partial charge in [-0.05, 0) is 44.0 Å². The van der Waals surface area contributed by atoms with Crippen molar-refractivity contribution in [2.75, 3.05) is 28.9 Å². The predicted octanol–water partition coefficient (Wildman–Crippen LogP) is 2.17. The molecule has 0 aromatic heterocycles. The highest BCUT2D eigenvalue weighted by molar-refractivity contribution is 7.92. The van der Waals surface area contributed by atoms with Crippen molar-refractivity contribution in [3.63, 3.8) is 0 Å². The molecule has 1 aromatic rings. The predicted molar refractivity (Wildman–Crippen MR) is 95.1 cm³/mol. The average molecular weight is 369 g/mol. The van der Waals surface area contributed by atoms with E-state index >= 15 is 0 Å². The van der Waals surface area contributed by atoms with E-state index in [0.717, 1.165) is 0 Å². The van der Waals surface area contributed by atoms with Gasteiger partial charge in [0, 0.05) is 24.5 Å². The first-order valence-corrected chi connectivity index (χ1v) is 9.70.